The van der Waals surface area contributed by atoms with E-state index in [1.165, 1.54) is 0 Å². The molecule has 3 nitrogen and oxygen atoms in total. The Morgan fingerprint density at radius 3 is 2.61 bits per heavy atom. The summed E-state index contributed by atoms with van der Waals surface area (Å²) in [6.07, 6.45) is 3.73. The molecule has 1 aromatic carbocycles. The number of carbonyl (C=O) groups is 1. The van der Waals surface area contributed by atoms with E-state index < -0.39 is 0 Å². The van der Waals surface area contributed by atoms with Crippen molar-refractivity contribution in [3.63, 3.8) is 0 Å². The highest BCUT2D eigenvalue weighted by Gasteiger charge is 2.05. The Kier molecular flexibility index (Phi) is 4.18. The van der Waals surface area contributed by atoms with Crippen LogP contribution in [0.3, 0.4) is 0 Å². The quantitative estimate of drug-likeness (QED) is 0.817. The van der Waals surface area contributed by atoms with Crippen LogP contribution in [0.4, 0.5) is 0 Å². The third-order valence-electron chi connectivity index (χ3n) is 2.77. The van der Waals surface area contributed by atoms with Gasteiger partial charge in [0.05, 0.1) is 6.26 Å². The third kappa shape index (κ3) is 3.00. The number of furan rings is 1. The molecule has 2 rings (SSSR count). The van der Waals surface area contributed by atoms with Gasteiger partial charge in [0.1, 0.15) is 5.76 Å². The van der Waals surface area contributed by atoms with Crippen LogP contribution < -0.4 is 5.32 Å². The Hall–Kier alpha value is -2.03. The van der Waals surface area contributed by atoms with Crippen LogP contribution in [0.2, 0.25) is 0 Å². The molecule has 94 valence electrons. The van der Waals surface area contributed by atoms with Crippen LogP contribution in [0.25, 0.3) is 11.3 Å². The molecule has 0 fully saturated rings. The lowest BCUT2D eigenvalue weighted by molar-refractivity contribution is 0.0953. The van der Waals surface area contributed by atoms with Crippen LogP contribution in [0.5, 0.6) is 0 Å². The Morgan fingerprint density at radius 1 is 1.22 bits per heavy atom. The van der Waals surface area contributed by atoms with Gasteiger partial charge in [0, 0.05) is 17.7 Å². The predicted molar refractivity (Wildman–Crippen MR) is 71.4 cm³/mol. The first-order valence-corrected chi connectivity index (χ1v) is 6.23. The van der Waals surface area contributed by atoms with Crippen LogP contribution in [0, 0.1) is 0 Å². The van der Waals surface area contributed by atoms with E-state index >= 15 is 0 Å². The number of nitrogens with one attached hydrogen (secondary N) is 1. The number of amides is 1. The topological polar surface area (TPSA) is 42.2 Å². The molecule has 0 aliphatic heterocycles. The van der Waals surface area contributed by atoms with Gasteiger partial charge in [-0.3, -0.25) is 4.79 Å². The first-order valence-electron chi connectivity index (χ1n) is 6.23. The molecule has 0 unspecified atom stereocenters. The summed E-state index contributed by atoms with van der Waals surface area (Å²) in [5, 5.41) is 2.89. The summed E-state index contributed by atoms with van der Waals surface area (Å²) in [5.74, 6) is 0.794. The predicted octanol–water partition coefficient (Wildman–Crippen LogP) is 3.48. The summed E-state index contributed by atoms with van der Waals surface area (Å²) in [6.45, 7) is 2.83. The van der Waals surface area contributed by atoms with Gasteiger partial charge in [-0.15, -0.1) is 0 Å². The SMILES string of the molecule is CCCCNC(=O)c1ccc(-c2ccco2)cc1. The summed E-state index contributed by atoms with van der Waals surface area (Å²) in [4.78, 5) is 11.8. The molecule has 0 aliphatic carbocycles. The van der Waals surface area contributed by atoms with Crippen molar-refractivity contribution in [2.45, 2.75) is 19.8 Å². The zero-order valence-corrected chi connectivity index (χ0v) is 10.5. The highest BCUT2D eigenvalue weighted by atomic mass is 16.3. The molecule has 0 atom stereocenters. The van der Waals surface area contributed by atoms with Gasteiger partial charge in [0.25, 0.3) is 5.91 Å². The van der Waals surface area contributed by atoms with Crippen LogP contribution in [0.1, 0.15) is 30.1 Å². The fourth-order valence-corrected chi connectivity index (χ4v) is 1.71. The maximum atomic E-state index is 11.8. The van der Waals surface area contributed by atoms with Gasteiger partial charge in [-0.05, 0) is 30.7 Å². The van der Waals surface area contributed by atoms with Gasteiger partial charge < -0.3 is 9.73 Å². The van der Waals surface area contributed by atoms with Gasteiger partial charge in [-0.25, -0.2) is 0 Å². The highest BCUT2D eigenvalue weighted by Crippen LogP contribution is 2.19. The van der Waals surface area contributed by atoms with E-state index in [1.807, 2.05) is 36.4 Å². The number of unbranched alkanes of at least 4 members (excludes halogenated alkanes) is 1. The lowest BCUT2D eigenvalue weighted by Crippen LogP contribution is -2.24. The van der Waals surface area contributed by atoms with Crippen molar-refractivity contribution in [3.8, 4) is 11.3 Å². The average molecular weight is 243 g/mol. The highest BCUT2D eigenvalue weighted by molar-refractivity contribution is 5.94. The Morgan fingerprint density at radius 2 is 2.00 bits per heavy atom. The smallest absolute Gasteiger partial charge is 0.251 e. The molecule has 0 radical (unpaired) electrons. The van der Waals surface area contributed by atoms with Gasteiger partial charge in [0.2, 0.25) is 0 Å². The molecule has 0 aliphatic rings. The zero-order valence-electron chi connectivity index (χ0n) is 10.5. The Labute approximate surface area is 107 Å². The summed E-state index contributed by atoms with van der Waals surface area (Å²) in [6, 6.07) is 11.2. The van der Waals surface area contributed by atoms with Gasteiger partial charge in [0.15, 0.2) is 0 Å². The van der Waals surface area contributed by atoms with E-state index in [1.54, 1.807) is 6.26 Å². The lowest BCUT2D eigenvalue weighted by Gasteiger charge is -2.04. The monoisotopic (exact) mass is 243 g/mol. The molecule has 2 aromatic rings. The molecule has 0 spiro atoms. The van der Waals surface area contributed by atoms with E-state index in [0.29, 0.717) is 5.56 Å². The van der Waals surface area contributed by atoms with Crippen molar-refractivity contribution in [3.05, 3.63) is 48.2 Å². The minimum Gasteiger partial charge on any atom is -0.464 e. The molecule has 1 amide bonds. The molecule has 0 saturated carbocycles. The van der Waals surface area contributed by atoms with Gasteiger partial charge in [-0.1, -0.05) is 25.5 Å². The van der Waals surface area contributed by atoms with Crippen molar-refractivity contribution < 1.29 is 9.21 Å². The van der Waals surface area contributed by atoms with Crippen molar-refractivity contribution in [1.29, 1.82) is 0 Å². The van der Waals surface area contributed by atoms with Crippen LogP contribution in [-0.2, 0) is 0 Å². The summed E-state index contributed by atoms with van der Waals surface area (Å²) in [7, 11) is 0. The van der Waals surface area contributed by atoms with E-state index in [9.17, 15) is 4.79 Å². The number of hydrogen-bond acceptors (Lipinski definition) is 2. The number of rotatable bonds is 5. The molecule has 0 saturated heterocycles. The first kappa shape index (κ1) is 12.4. The molecule has 1 aromatic heterocycles. The molecule has 3 heteroatoms. The van der Waals surface area contributed by atoms with Crippen LogP contribution in [-0.4, -0.2) is 12.5 Å². The number of benzene rings is 1. The van der Waals surface area contributed by atoms with Crippen molar-refractivity contribution in [2.75, 3.05) is 6.54 Å². The van der Waals surface area contributed by atoms with E-state index in [-0.39, 0.29) is 5.91 Å². The zero-order chi connectivity index (χ0) is 12.8. The fourth-order valence-electron chi connectivity index (χ4n) is 1.71. The molecular weight excluding hydrogens is 226 g/mol. The van der Waals surface area contributed by atoms with E-state index in [2.05, 4.69) is 12.2 Å². The maximum absolute atomic E-state index is 11.8. The molecule has 1 N–H and O–H groups in total. The summed E-state index contributed by atoms with van der Waals surface area (Å²) < 4.78 is 5.30. The van der Waals surface area contributed by atoms with Crippen molar-refractivity contribution >= 4 is 5.91 Å². The molecule has 18 heavy (non-hydrogen) atoms. The molecule has 0 bridgehead atoms. The summed E-state index contributed by atoms with van der Waals surface area (Å²) >= 11 is 0. The Bertz CT molecular complexity index is 486. The van der Waals surface area contributed by atoms with E-state index in [0.717, 1.165) is 30.7 Å². The minimum atomic E-state index is -0.0190. The first-order chi connectivity index (χ1) is 8.81. The third-order valence-corrected chi connectivity index (χ3v) is 2.77. The van der Waals surface area contributed by atoms with Gasteiger partial charge >= 0.3 is 0 Å². The van der Waals surface area contributed by atoms with Crippen molar-refractivity contribution in [1.82, 2.24) is 5.32 Å². The number of hydrogen-bond donors (Lipinski definition) is 1. The molecular formula is C15H17NO2. The normalized spacial score (nSPS) is 10.3. The number of carbonyl (C=O) groups excluding carboxylic acids is 1. The van der Waals surface area contributed by atoms with Crippen molar-refractivity contribution in [2.24, 2.45) is 0 Å². The summed E-state index contributed by atoms with van der Waals surface area (Å²) in [5.41, 5.74) is 1.66. The second-order valence-corrected chi connectivity index (χ2v) is 4.16. The standard InChI is InChI=1S/C15H17NO2/c1-2-3-10-16-15(17)13-8-6-12(7-9-13)14-5-4-11-18-14/h4-9,11H,2-3,10H2,1H3,(H,16,17). The Balaban J connectivity index is 2.01. The maximum Gasteiger partial charge on any atom is 0.251 e. The van der Waals surface area contributed by atoms with Gasteiger partial charge in [-0.2, -0.15) is 0 Å². The lowest BCUT2D eigenvalue weighted by atomic mass is 10.1. The second-order valence-electron chi connectivity index (χ2n) is 4.16. The second kappa shape index (κ2) is 6.05. The fraction of sp³-hybridized carbons (Fsp3) is 0.267. The van der Waals surface area contributed by atoms with Crippen LogP contribution in [0.15, 0.2) is 47.1 Å². The average Bonchev–Trinajstić information content (AvgIpc) is 2.93. The van der Waals surface area contributed by atoms with Crippen LogP contribution >= 0.6 is 0 Å². The largest absolute Gasteiger partial charge is 0.464 e. The van der Waals surface area contributed by atoms with E-state index in [4.69, 9.17) is 4.42 Å². The minimum absolute atomic E-state index is 0.0190. The molecule has 1 heterocycles.